The van der Waals surface area contributed by atoms with Crippen LogP contribution >= 0.6 is 0 Å². The summed E-state index contributed by atoms with van der Waals surface area (Å²) in [6.07, 6.45) is 1.63. The molecule has 0 fully saturated rings. The number of rotatable bonds is 10. The van der Waals surface area contributed by atoms with Gasteiger partial charge in [0.2, 0.25) is 0 Å². The summed E-state index contributed by atoms with van der Waals surface area (Å²) in [6.45, 7) is 7.06. The maximum atomic E-state index is 12.1. The fourth-order valence-electron chi connectivity index (χ4n) is 2.04. The van der Waals surface area contributed by atoms with Gasteiger partial charge in [-0.2, -0.15) is 0 Å². The van der Waals surface area contributed by atoms with Gasteiger partial charge in [-0.3, -0.25) is 4.79 Å². The van der Waals surface area contributed by atoms with Crippen LogP contribution in [0, 0.1) is 6.92 Å². The molecule has 0 aliphatic rings. The number of ether oxygens (including phenoxy) is 3. The third-order valence-corrected chi connectivity index (χ3v) is 3.14. The van der Waals surface area contributed by atoms with Crippen molar-refractivity contribution in [3.8, 4) is 0 Å². The molecular weight excluding hydrogens is 314 g/mol. The molecule has 0 radical (unpaired) electrons. The topological polar surface area (TPSA) is 90.9 Å². The standard InChI is InChI=1S/C16H25N3O5/c1-5-23-14(20)7-8-19(9-10-22-4)15-13(16(21)24-6-2)11-17-12(3)18-15/h11H,5-10H2,1-4H3. The molecule has 0 N–H and O–H groups in total. The lowest BCUT2D eigenvalue weighted by molar-refractivity contribution is -0.142. The van der Waals surface area contributed by atoms with E-state index < -0.39 is 5.97 Å². The number of hydrogen-bond acceptors (Lipinski definition) is 8. The van der Waals surface area contributed by atoms with E-state index in [1.807, 2.05) is 0 Å². The van der Waals surface area contributed by atoms with Crippen molar-refractivity contribution in [1.82, 2.24) is 9.97 Å². The fourth-order valence-corrected chi connectivity index (χ4v) is 2.04. The van der Waals surface area contributed by atoms with E-state index in [-0.39, 0.29) is 24.6 Å². The number of carbonyl (C=O) groups is 2. The van der Waals surface area contributed by atoms with Gasteiger partial charge in [0.1, 0.15) is 17.2 Å². The first-order valence-corrected chi connectivity index (χ1v) is 7.93. The number of hydrogen-bond donors (Lipinski definition) is 0. The number of aryl methyl sites for hydroxylation is 1. The van der Waals surface area contributed by atoms with Crippen LogP contribution in [0.4, 0.5) is 5.82 Å². The minimum atomic E-state index is -0.494. The molecule has 0 aromatic carbocycles. The Labute approximate surface area is 142 Å². The number of aromatic nitrogens is 2. The van der Waals surface area contributed by atoms with Crippen LogP contribution in [-0.2, 0) is 19.0 Å². The minimum Gasteiger partial charge on any atom is -0.466 e. The van der Waals surface area contributed by atoms with Crippen LogP contribution in [-0.4, -0.2) is 61.9 Å². The Morgan fingerprint density at radius 3 is 2.50 bits per heavy atom. The van der Waals surface area contributed by atoms with Crippen molar-refractivity contribution in [1.29, 1.82) is 0 Å². The van der Waals surface area contributed by atoms with Crippen molar-refractivity contribution < 1.29 is 23.8 Å². The van der Waals surface area contributed by atoms with E-state index in [4.69, 9.17) is 14.2 Å². The van der Waals surface area contributed by atoms with Crippen LogP contribution in [0.3, 0.4) is 0 Å². The zero-order valence-corrected chi connectivity index (χ0v) is 14.7. The predicted molar refractivity (Wildman–Crippen MR) is 88.1 cm³/mol. The molecule has 0 saturated heterocycles. The molecule has 0 saturated carbocycles. The highest BCUT2D eigenvalue weighted by atomic mass is 16.5. The average molecular weight is 339 g/mol. The molecule has 0 bridgehead atoms. The third-order valence-electron chi connectivity index (χ3n) is 3.14. The van der Waals surface area contributed by atoms with Gasteiger partial charge >= 0.3 is 11.9 Å². The summed E-state index contributed by atoms with van der Waals surface area (Å²) in [6, 6.07) is 0. The van der Waals surface area contributed by atoms with Crippen molar-refractivity contribution in [2.24, 2.45) is 0 Å². The van der Waals surface area contributed by atoms with E-state index in [1.165, 1.54) is 6.20 Å². The highest BCUT2D eigenvalue weighted by Gasteiger charge is 2.21. The number of carbonyl (C=O) groups excluding carboxylic acids is 2. The molecule has 0 aliphatic carbocycles. The van der Waals surface area contributed by atoms with Gasteiger partial charge in [-0.15, -0.1) is 0 Å². The molecule has 1 aromatic heterocycles. The molecule has 8 heteroatoms. The van der Waals surface area contributed by atoms with Crippen molar-refractivity contribution >= 4 is 17.8 Å². The Balaban J connectivity index is 3.04. The normalized spacial score (nSPS) is 10.3. The fraction of sp³-hybridized carbons (Fsp3) is 0.625. The van der Waals surface area contributed by atoms with Crippen molar-refractivity contribution in [3.05, 3.63) is 17.6 Å². The molecule has 0 spiro atoms. The summed E-state index contributed by atoms with van der Waals surface area (Å²) in [4.78, 5) is 34.0. The smallest absolute Gasteiger partial charge is 0.343 e. The van der Waals surface area contributed by atoms with E-state index in [2.05, 4.69) is 9.97 Å². The monoisotopic (exact) mass is 339 g/mol. The van der Waals surface area contributed by atoms with E-state index in [0.717, 1.165) is 0 Å². The molecule has 1 rings (SSSR count). The summed E-state index contributed by atoms with van der Waals surface area (Å²) in [5.74, 6) is 0.160. The first kappa shape index (κ1) is 19.8. The van der Waals surface area contributed by atoms with E-state index in [9.17, 15) is 9.59 Å². The van der Waals surface area contributed by atoms with Crippen molar-refractivity contribution in [2.75, 3.05) is 44.9 Å². The molecule has 8 nitrogen and oxygen atoms in total. The highest BCUT2D eigenvalue weighted by molar-refractivity contribution is 5.94. The largest absolute Gasteiger partial charge is 0.466 e. The highest BCUT2D eigenvalue weighted by Crippen LogP contribution is 2.19. The molecule has 0 atom stereocenters. The zero-order chi connectivity index (χ0) is 17.9. The summed E-state index contributed by atoms with van der Waals surface area (Å²) < 4.78 is 15.1. The first-order chi connectivity index (χ1) is 11.5. The van der Waals surface area contributed by atoms with Gasteiger partial charge in [-0.1, -0.05) is 0 Å². The van der Waals surface area contributed by atoms with E-state index in [1.54, 1.807) is 32.8 Å². The molecule has 1 aromatic rings. The van der Waals surface area contributed by atoms with E-state index in [0.29, 0.717) is 37.9 Å². The average Bonchev–Trinajstić information content (AvgIpc) is 2.55. The summed E-state index contributed by atoms with van der Waals surface area (Å²) >= 11 is 0. The molecule has 134 valence electrons. The quantitative estimate of drug-likeness (QED) is 0.590. The maximum absolute atomic E-state index is 12.1. The molecule has 1 heterocycles. The van der Waals surface area contributed by atoms with Gasteiger partial charge in [0.25, 0.3) is 0 Å². The SMILES string of the molecule is CCOC(=O)CCN(CCOC)c1nc(C)ncc1C(=O)OCC. The van der Waals surface area contributed by atoms with Crippen LogP contribution in [0.25, 0.3) is 0 Å². The van der Waals surface area contributed by atoms with Crippen molar-refractivity contribution in [3.63, 3.8) is 0 Å². The predicted octanol–water partition coefficient (Wildman–Crippen LogP) is 1.37. The molecule has 0 amide bonds. The second-order valence-electron chi connectivity index (χ2n) is 4.91. The number of methoxy groups -OCH3 is 1. The Morgan fingerprint density at radius 1 is 1.17 bits per heavy atom. The molecule has 0 aliphatic heterocycles. The van der Waals surface area contributed by atoms with Gasteiger partial charge in [0.05, 0.1) is 26.2 Å². The molecular formula is C16H25N3O5. The third kappa shape index (κ3) is 6.11. The van der Waals surface area contributed by atoms with Gasteiger partial charge in [0, 0.05) is 26.4 Å². The second kappa shape index (κ2) is 10.5. The Morgan fingerprint density at radius 2 is 1.88 bits per heavy atom. The number of nitrogens with zero attached hydrogens (tertiary/aromatic N) is 3. The first-order valence-electron chi connectivity index (χ1n) is 7.93. The van der Waals surface area contributed by atoms with Crippen molar-refractivity contribution in [2.45, 2.75) is 27.2 Å². The Hall–Kier alpha value is -2.22. The van der Waals surface area contributed by atoms with E-state index >= 15 is 0 Å². The van der Waals surface area contributed by atoms with Gasteiger partial charge in [0.15, 0.2) is 0 Å². The summed E-state index contributed by atoms with van der Waals surface area (Å²) in [7, 11) is 1.58. The summed E-state index contributed by atoms with van der Waals surface area (Å²) in [5.41, 5.74) is 0.266. The lowest BCUT2D eigenvalue weighted by Crippen LogP contribution is -2.32. The number of anilines is 1. The minimum absolute atomic E-state index is 0.183. The lowest BCUT2D eigenvalue weighted by atomic mass is 10.2. The maximum Gasteiger partial charge on any atom is 0.343 e. The Bertz CT molecular complexity index is 551. The number of esters is 2. The van der Waals surface area contributed by atoms with Crippen LogP contribution in [0.1, 0.15) is 36.5 Å². The summed E-state index contributed by atoms with van der Waals surface area (Å²) in [5, 5.41) is 0. The van der Waals surface area contributed by atoms with Gasteiger partial charge in [-0.05, 0) is 20.8 Å². The second-order valence-corrected chi connectivity index (χ2v) is 4.91. The van der Waals surface area contributed by atoms with Crippen LogP contribution in [0.2, 0.25) is 0 Å². The molecule has 0 unspecified atom stereocenters. The zero-order valence-electron chi connectivity index (χ0n) is 14.7. The molecule has 24 heavy (non-hydrogen) atoms. The van der Waals surface area contributed by atoms with Crippen LogP contribution in [0.5, 0.6) is 0 Å². The Kier molecular flexibility index (Phi) is 8.70. The van der Waals surface area contributed by atoms with Gasteiger partial charge in [-0.25, -0.2) is 14.8 Å². The van der Waals surface area contributed by atoms with Crippen LogP contribution < -0.4 is 4.90 Å². The van der Waals surface area contributed by atoms with Gasteiger partial charge < -0.3 is 19.1 Å². The lowest BCUT2D eigenvalue weighted by Gasteiger charge is -2.25. The van der Waals surface area contributed by atoms with Crippen LogP contribution in [0.15, 0.2) is 6.20 Å².